The van der Waals surface area contributed by atoms with Crippen LogP contribution in [0.1, 0.15) is 22.3 Å². The third-order valence-electron chi connectivity index (χ3n) is 5.09. The highest BCUT2D eigenvalue weighted by atomic mass is 127. The summed E-state index contributed by atoms with van der Waals surface area (Å²) in [7, 11) is 1.79. The molecule has 166 valence electrons. The minimum Gasteiger partial charge on any atom is -0.352 e. The van der Waals surface area contributed by atoms with E-state index in [0.29, 0.717) is 13.1 Å². The first kappa shape index (κ1) is 23.5. The van der Waals surface area contributed by atoms with E-state index >= 15 is 0 Å². The van der Waals surface area contributed by atoms with Gasteiger partial charge in [0, 0.05) is 51.5 Å². The molecule has 0 amide bonds. The first-order valence-electron chi connectivity index (χ1n) is 10.3. The number of imidazole rings is 1. The summed E-state index contributed by atoms with van der Waals surface area (Å²) >= 11 is 0. The first-order valence-corrected chi connectivity index (χ1v) is 10.3. The monoisotopic (exact) mass is 541 g/mol. The molecule has 0 aliphatic carbocycles. The van der Waals surface area contributed by atoms with Gasteiger partial charge in [-0.05, 0) is 28.3 Å². The molecule has 0 saturated heterocycles. The fraction of sp³-hybridized carbons (Fsp3) is 0.208. The molecular weight excluding hydrogens is 513 g/mol. The Morgan fingerprint density at radius 2 is 1.59 bits per heavy atom. The molecule has 0 atom stereocenters. The van der Waals surface area contributed by atoms with Gasteiger partial charge in [0.25, 0.3) is 0 Å². The summed E-state index contributed by atoms with van der Waals surface area (Å²) in [5.41, 5.74) is 4.92. The predicted octanol–water partition coefficient (Wildman–Crippen LogP) is 3.66. The molecule has 0 unspecified atom stereocenters. The maximum absolute atomic E-state index is 4.36. The molecule has 0 spiro atoms. The lowest BCUT2D eigenvalue weighted by Crippen LogP contribution is -2.36. The number of nitrogens with one attached hydrogen (secondary N) is 2. The molecule has 4 aromatic rings. The first-order chi connectivity index (χ1) is 15.3. The molecule has 7 nitrogen and oxygen atoms in total. The van der Waals surface area contributed by atoms with E-state index in [4.69, 9.17) is 0 Å². The average molecular weight is 541 g/mol. The molecule has 32 heavy (non-hydrogen) atoms. The second-order valence-electron chi connectivity index (χ2n) is 7.30. The Bertz CT molecular complexity index is 1090. The van der Waals surface area contributed by atoms with Crippen molar-refractivity contribution in [1.29, 1.82) is 0 Å². The lowest BCUT2D eigenvalue weighted by Gasteiger charge is -2.15. The van der Waals surface area contributed by atoms with Crippen molar-refractivity contribution in [1.82, 2.24) is 30.0 Å². The van der Waals surface area contributed by atoms with E-state index in [1.54, 1.807) is 19.4 Å². The molecule has 0 aliphatic rings. The maximum atomic E-state index is 4.36. The Morgan fingerprint density at radius 1 is 0.844 bits per heavy atom. The third-order valence-corrected chi connectivity index (χ3v) is 5.09. The normalized spacial score (nSPS) is 11.1. The Hall–Kier alpha value is -3.14. The second kappa shape index (κ2) is 12.0. The van der Waals surface area contributed by atoms with Crippen LogP contribution in [0, 0.1) is 0 Å². The topological polar surface area (TPSA) is 72.1 Å². The number of hydrogen-bond acceptors (Lipinski definition) is 3. The van der Waals surface area contributed by atoms with Crippen LogP contribution in [-0.2, 0) is 26.2 Å². The van der Waals surface area contributed by atoms with Gasteiger partial charge in [0.1, 0.15) is 0 Å². The van der Waals surface area contributed by atoms with Crippen LogP contribution < -0.4 is 10.6 Å². The van der Waals surface area contributed by atoms with Crippen LogP contribution in [0.15, 0.2) is 90.7 Å². The van der Waals surface area contributed by atoms with Gasteiger partial charge >= 0.3 is 0 Å². The van der Waals surface area contributed by atoms with E-state index in [2.05, 4.69) is 78.8 Å². The van der Waals surface area contributed by atoms with Crippen LogP contribution in [0.4, 0.5) is 0 Å². The highest BCUT2D eigenvalue weighted by molar-refractivity contribution is 14.0. The molecule has 0 aliphatic heterocycles. The Kier molecular flexibility index (Phi) is 8.85. The minimum atomic E-state index is 0. The van der Waals surface area contributed by atoms with Crippen LogP contribution in [0.5, 0.6) is 0 Å². The van der Waals surface area contributed by atoms with E-state index in [1.807, 2.05) is 29.5 Å². The fourth-order valence-corrected chi connectivity index (χ4v) is 3.39. The molecule has 8 heteroatoms. The Balaban J connectivity index is 0.00000289. The summed E-state index contributed by atoms with van der Waals surface area (Å²) in [6.07, 6.45) is 9.38. The molecule has 2 heterocycles. The summed E-state index contributed by atoms with van der Waals surface area (Å²) < 4.78 is 3.99. The smallest absolute Gasteiger partial charge is 0.191 e. The standard InChI is InChI=1S/C24H27N7.HI/c1-25-24(27-15-20-7-9-21(10-8-20)17-30-14-12-26-19-30)28-16-22-5-2-3-6-23(22)18-31-13-4-11-29-31;/h2-14,19H,15-18H2,1H3,(H2,25,27,28);1H. The zero-order valence-corrected chi connectivity index (χ0v) is 20.4. The number of guanidine groups is 1. The Morgan fingerprint density at radius 3 is 2.28 bits per heavy atom. The van der Waals surface area contributed by atoms with Crippen LogP contribution in [0.2, 0.25) is 0 Å². The number of rotatable bonds is 8. The van der Waals surface area contributed by atoms with Crippen molar-refractivity contribution in [3.63, 3.8) is 0 Å². The number of benzene rings is 2. The molecule has 0 fully saturated rings. The van der Waals surface area contributed by atoms with Crippen LogP contribution in [-0.4, -0.2) is 32.3 Å². The third kappa shape index (κ3) is 6.68. The highest BCUT2D eigenvalue weighted by Gasteiger charge is 2.05. The zero-order valence-electron chi connectivity index (χ0n) is 18.1. The number of halogens is 1. The van der Waals surface area contributed by atoms with Crippen molar-refractivity contribution < 1.29 is 0 Å². The quantitative estimate of drug-likeness (QED) is 0.203. The van der Waals surface area contributed by atoms with E-state index in [0.717, 1.165) is 19.0 Å². The van der Waals surface area contributed by atoms with Crippen molar-refractivity contribution in [3.05, 3.63) is 108 Å². The largest absolute Gasteiger partial charge is 0.352 e. The lowest BCUT2D eigenvalue weighted by molar-refractivity contribution is 0.677. The lowest BCUT2D eigenvalue weighted by atomic mass is 10.1. The number of hydrogen-bond donors (Lipinski definition) is 2. The van der Waals surface area contributed by atoms with Crippen LogP contribution in [0.25, 0.3) is 0 Å². The summed E-state index contributed by atoms with van der Waals surface area (Å²) in [5, 5.41) is 11.1. The van der Waals surface area contributed by atoms with Crippen molar-refractivity contribution >= 4 is 29.9 Å². The van der Waals surface area contributed by atoms with Gasteiger partial charge in [0.2, 0.25) is 0 Å². The van der Waals surface area contributed by atoms with Crippen molar-refractivity contribution in [2.45, 2.75) is 26.2 Å². The molecule has 4 rings (SSSR count). The molecule has 2 aromatic carbocycles. The molecular formula is C24H28IN7. The predicted molar refractivity (Wildman–Crippen MR) is 138 cm³/mol. The van der Waals surface area contributed by atoms with Gasteiger partial charge in [-0.1, -0.05) is 48.5 Å². The minimum absolute atomic E-state index is 0. The van der Waals surface area contributed by atoms with E-state index in [9.17, 15) is 0 Å². The average Bonchev–Trinajstić information content (AvgIpc) is 3.50. The van der Waals surface area contributed by atoms with Gasteiger partial charge in [0.05, 0.1) is 12.9 Å². The Labute approximate surface area is 205 Å². The van der Waals surface area contributed by atoms with Crippen LogP contribution in [0.3, 0.4) is 0 Å². The molecule has 2 aromatic heterocycles. The summed E-state index contributed by atoms with van der Waals surface area (Å²) in [6, 6.07) is 18.9. The number of aliphatic imine (C=N–C) groups is 1. The van der Waals surface area contributed by atoms with Gasteiger partial charge in [-0.25, -0.2) is 4.98 Å². The van der Waals surface area contributed by atoms with Crippen molar-refractivity contribution in [2.75, 3.05) is 7.05 Å². The van der Waals surface area contributed by atoms with Crippen molar-refractivity contribution in [2.24, 2.45) is 4.99 Å². The van der Waals surface area contributed by atoms with Gasteiger partial charge in [0.15, 0.2) is 5.96 Å². The van der Waals surface area contributed by atoms with Gasteiger partial charge < -0.3 is 15.2 Å². The molecule has 0 saturated carbocycles. The summed E-state index contributed by atoms with van der Waals surface area (Å²) in [5.74, 6) is 0.774. The zero-order chi connectivity index (χ0) is 21.3. The van der Waals surface area contributed by atoms with Crippen molar-refractivity contribution in [3.8, 4) is 0 Å². The SMILES string of the molecule is CN=C(NCc1ccc(Cn2ccnc2)cc1)NCc1ccccc1Cn1cccn1.I. The molecule has 0 bridgehead atoms. The van der Waals surface area contributed by atoms with E-state index < -0.39 is 0 Å². The van der Waals surface area contributed by atoms with Gasteiger partial charge in [-0.3, -0.25) is 9.67 Å². The van der Waals surface area contributed by atoms with Gasteiger partial charge in [-0.2, -0.15) is 5.10 Å². The number of aromatic nitrogens is 4. The molecule has 0 radical (unpaired) electrons. The maximum Gasteiger partial charge on any atom is 0.191 e. The van der Waals surface area contributed by atoms with E-state index in [-0.39, 0.29) is 24.0 Å². The van der Waals surface area contributed by atoms with E-state index in [1.165, 1.54) is 22.3 Å². The summed E-state index contributed by atoms with van der Waals surface area (Å²) in [6.45, 7) is 2.98. The van der Waals surface area contributed by atoms with Gasteiger partial charge in [-0.15, -0.1) is 24.0 Å². The number of nitrogens with zero attached hydrogens (tertiary/aromatic N) is 5. The summed E-state index contributed by atoms with van der Waals surface area (Å²) in [4.78, 5) is 8.44. The van der Waals surface area contributed by atoms with Crippen LogP contribution >= 0.6 is 24.0 Å². The second-order valence-corrected chi connectivity index (χ2v) is 7.30. The highest BCUT2D eigenvalue weighted by Crippen LogP contribution is 2.10. The fourth-order valence-electron chi connectivity index (χ4n) is 3.39. The molecule has 2 N–H and O–H groups in total.